The van der Waals surface area contributed by atoms with Gasteiger partial charge in [-0.25, -0.2) is 4.98 Å². The van der Waals surface area contributed by atoms with Crippen LogP contribution >= 0.6 is 0 Å². The van der Waals surface area contributed by atoms with Gasteiger partial charge in [0.2, 0.25) is 11.8 Å². The Kier molecular flexibility index (Phi) is 5.10. The van der Waals surface area contributed by atoms with Gasteiger partial charge in [-0.2, -0.15) is 4.98 Å². The van der Waals surface area contributed by atoms with Crippen molar-refractivity contribution in [2.75, 3.05) is 26.1 Å². The number of rotatable bonds is 7. The van der Waals surface area contributed by atoms with E-state index in [1.54, 1.807) is 26.5 Å². The van der Waals surface area contributed by atoms with E-state index in [9.17, 15) is 0 Å². The summed E-state index contributed by atoms with van der Waals surface area (Å²) in [6.45, 7) is 0.640. The van der Waals surface area contributed by atoms with Crippen LogP contribution in [-0.2, 0) is 0 Å². The number of aromatic nitrogens is 3. The first kappa shape index (κ1) is 17.9. The first-order chi connectivity index (χ1) is 13.8. The van der Waals surface area contributed by atoms with E-state index in [4.69, 9.17) is 9.47 Å². The lowest BCUT2D eigenvalue weighted by Gasteiger charge is -2.18. The SMILES string of the molecule is COc1ccc([C@H](CNc2nccc(OC)n2)c2c[nH]c3ccccc23)cc1. The molecular formula is C22H22N4O2. The summed E-state index contributed by atoms with van der Waals surface area (Å²) in [7, 11) is 3.27. The van der Waals surface area contributed by atoms with Crippen molar-refractivity contribution in [2.24, 2.45) is 0 Å². The van der Waals surface area contributed by atoms with E-state index in [1.807, 2.05) is 18.2 Å². The van der Waals surface area contributed by atoms with Crippen LogP contribution in [0.15, 0.2) is 67.0 Å². The van der Waals surface area contributed by atoms with Gasteiger partial charge in [-0.15, -0.1) is 0 Å². The summed E-state index contributed by atoms with van der Waals surface area (Å²) < 4.78 is 10.5. The normalized spacial score (nSPS) is 11.9. The Balaban J connectivity index is 1.68. The fourth-order valence-corrected chi connectivity index (χ4v) is 3.36. The van der Waals surface area contributed by atoms with E-state index in [1.165, 1.54) is 16.5 Å². The van der Waals surface area contributed by atoms with Crippen LogP contribution < -0.4 is 14.8 Å². The number of nitrogens with zero attached hydrogens (tertiary/aromatic N) is 2. The molecule has 1 atom stereocenters. The fraction of sp³-hybridized carbons (Fsp3) is 0.182. The number of aromatic amines is 1. The molecule has 0 amide bonds. The predicted molar refractivity (Wildman–Crippen MR) is 110 cm³/mol. The molecule has 0 saturated heterocycles. The number of benzene rings is 2. The third kappa shape index (κ3) is 3.62. The van der Waals surface area contributed by atoms with E-state index in [-0.39, 0.29) is 5.92 Å². The molecule has 0 fully saturated rings. The Morgan fingerprint density at radius 2 is 1.82 bits per heavy atom. The van der Waals surface area contributed by atoms with Crippen molar-refractivity contribution in [1.29, 1.82) is 0 Å². The van der Waals surface area contributed by atoms with Crippen LogP contribution in [0.4, 0.5) is 5.95 Å². The van der Waals surface area contributed by atoms with Gasteiger partial charge in [-0.3, -0.25) is 0 Å². The third-order valence-corrected chi connectivity index (χ3v) is 4.82. The summed E-state index contributed by atoms with van der Waals surface area (Å²) in [4.78, 5) is 12.0. The predicted octanol–water partition coefficient (Wildman–Crippen LogP) is 4.22. The average Bonchev–Trinajstić information content (AvgIpc) is 3.18. The Morgan fingerprint density at radius 3 is 2.61 bits per heavy atom. The average molecular weight is 374 g/mol. The van der Waals surface area contributed by atoms with E-state index in [0.29, 0.717) is 18.4 Å². The van der Waals surface area contributed by atoms with E-state index in [0.717, 1.165) is 11.3 Å². The van der Waals surface area contributed by atoms with Crippen LogP contribution in [0.25, 0.3) is 10.9 Å². The lowest BCUT2D eigenvalue weighted by Crippen LogP contribution is -2.15. The Hall–Kier alpha value is -3.54. The molecule has 142 valence electrons. The number of fused-ring (bicyclic) bond motifs is 1. The Labute approximate surface area is 163 Å². The van der Waals surface area contributed by atoms with Crippen molar-refractivity contribution in [1.82, 2.24) is 15.0 Å². The highest BCUT2D eigenvalue weighted by atomic mass is 16.5. The monoisotopic (exact) mass is 374 g/mol. The summed E-state index contributed by atoms with van der Waals surface area (Å²) in [5.41, 5.74) is 3.52. The molecule has 28 heavy (non-hydrogen) atoms. The fourth-order valence-electron chi connectivity index (χ4n) is 3.36. The maximum absolute atomic E-state index is 5.31. The minimum atomic E-state index is 0.108. The zero-order chi connectivity index (χ0) is 19.3. The summed E-state index contributed by atoms with van der Waals surface area (Å²) in [5, 5.41) is 4.56. The first-order valence-electron chi connectivity index (χ1n) is 9.09. The molecule has 0 unspecified atom stereocenters. The molecule has 0 aliphatic carbocycles. The van der Waals surface area contributed by atoms with E-state index < -0.39 is 0 Å². The Morgan fingerprint density at radius 1 is 1.00 bits per heavy atom. The second kappa shape index (κ2) is 8.00. The van der Waals surface area contributed by atoms with Crippen LogP contribution in [0.3, 0.4) is 0 Å². The van der Waals surface area contributed by atoms with Crippen LogP contribution in [0.1, 0.15) is 17.0 Å². The number of nitrogens with one attached hydrogen (secondary N) is 2. The van der Waals surface area contributed by atoms with Gasteiger partial charge in [0.1, 0.15) is 5.75 Å². The highest BCUT2D eigenvalue weighted by Crippen LogP contribution is 2.32. The molecule has 0 spiro atoms. The molecule has 6 nitrogen and oxygen atoms in total. The minimum Gasteiger partial charge on any atom is -0.497 e. The summed E-state index contributed by atoms with van der Waals surface area (Å²) in [6, 6.07) is 18.2. The highest BCUT2D eigenvalue weighted by Gasteiger charge is 2.19. The number of anilines is 1. The van der Waals surface area contributed by atoms with Crippen molar-refractivity contribution in [3.63, 3.8) is 0 Å². The maximum atomic E-state index is 5.31. The number of hydrogen-bond acceptors (Lipinski definition) is 5. The zero-order valence-corrected chi connectivity index (χ0v) is 15.8. The molecule has 2 heterocycles. The van der Waals surface area contributed by atoms with Gasteiger partial charge >= 0.3 is 0 Å². The molecule has 0 aliphatic heterocycles. The van der Waals surface area contributed by atoms with Gasteiger partial charge in [-0.1, -0.05) is 30.3 Å². The zero-order valence-electron chi connectivity index (χ0n) is 15.8. The van der Waals surface area contributed by atoms with Crippen LogP contribution in [-0.4, -0.2) is 35.7 Å². The van der Waals surface area contributed by atoms with Crippen LogP contribution in [0.2, 0.25) is 0 Å². The highest BCUT2D eigenvalue weighted by molar-refractivity contribution is 5.84. The van der Waals surface area contributed by atoms with Crippen LogP contribution in [0.5, 0.6) is 11.6 Å². The van der Waals surface area contributed by atoms with Gasteiger partial charge in [-0.05, 0) is 29.3 Å². The second-order valence-corrected chi connectivity index (χ2v) is 6.42. The Bertz CT molecular complexity index is 1060. The molecule has 4 aromatic rings. The first-order valence-corrected chi connectivity index (χ1v) is 9.09. The molecule has 0 saturated carbocycles. The molecular weight excluding hydrogens is 352 g/mol. The van der Waals surface area contributed by atoms with Crippen LogP contribution in [0, 0.1) is 0 Å². The summed E-state index contributed by atoms with van der Waals surface area (Å²) >= 11 is 0. The molecule has 4 rings (SSSR count). The topological polar surface area (TPSA) is 72.1 Å². The molecule has 2 aromatic heterocycles. The van der Waals surface area contributed by atoms with E-state index >= 15 is 0 Å². The van der Waals surface area contributed by atoms with Gasteiger partial charge in [0.25, 0.3) is 0 Å². The lowest BCUT2D eigenvalue weighted by atomic mass is 9.91. The standard InChI is InChI=1S/C22H22N4O2/c1-27-16-9-7-15(8-10-16)18(13-25-22-23-12-11-21(26-22)28-2)19-14-24-20-6-4-3-5-17(19)20/h3-12,14,18,24H,13H2,1-2H3,(H,23,25,26)/t18-/m0/s1. The third-order valence-electron chi connectivity index (χ3n) is 4.82. The van der Waals surface area contributed by atoms with Crippen molar-refractivity contribution < 1.29 is 9.47 Å². The number of methoxy groups -OCH3 is 2. The molecule has 0 aliphatic rings. The van der Waals surface area contributed by atoms with Crippen molar-refractivity contribution >= 4 is 16.9 Å². The number of para-hydroxylation sites is 1. The number of H-pyrrole nitrogens is 1. The van der Waals surface area contributed by atoms with Gasteiger partial charge in [0.15, 0.2) is 0 Å². The quantitative estimate of drug-likeness (QED) is 0.507. The molecule has 6 heteroatoms. The molecule has 0 radical (unpaired) electrons. The van der Waals surface area contributed by atoms with E-state index in [2.05, 4.69) is 56.8 Å². The van der Waals surface area contributed by atoms with Crippen molar-refractivity contribution in [3.05, 3.63) is 78.1 Å². The molecule has 2 aromatic carbocycles. The number of hydrogen-bond donors (Lipinski definition) is 2. The van der Waals surface area contributed by atoms with Gasteiger partial charge < -0.3 is 19.8 Å². The summed E-state index contributed by atoms with van der Waals surface area (Å²) in [5.74, 6) is 2.02. The van der Waals surface area contributed by atoms with Gasteiger partial charge in [0.05, 0.1) is 14.2 Å². The lowest BCUT2D eigenvalue weighted by molar-refractivity contribution is 0.397. The maximum Gasteiger partial charge on any atom is 0.225 e. The number of ether oxygens (including phenoxy) is 2. The minimum absolute atomic E-state index is 0.108. The molecule has 0 bridgehead atoms. The van der Waals surface area contributed by atoms with Crippen molar-refractivity contribution in [2.45, 2.75) is 5.92 Å². The summed E-state index contributed by atoms with van der Waals surface area (Å²) in [6.07, 6.45) is 3.76. The molecule has 2 N–H and O–H groups in total. The smallest absolute Gasteiger partial charge is 0.225 e. The second-order valence-electron chi connectivity index (χ2n) is 6.42. The largest absolute Gasteiger partial charge is 0.497 e. The van der Waals surface area contributed by atoms with Crippen molar-refractivity contribution in [3.8, 4) is 11.6 Å². The van der Waals surface area contributed by atoms with Gasteiger partial charge in [0, 0.05) is 41.8 Å².